The summed E-state index contributed by atoms with van der Waals surface area (Å²) in [5.41, 5.74) is 9.79. The molecule has 2 aromatic heterocycles. The van der Waals surface area contributed by atoms with E-state index in [0.29, 0.717) is 18.6 Å². The summed E-state index contributed by atoms with van der Waals surface area (Å²) < 4.78 is 13.5. The molecule has 1 unspecified atom stereocenters. The zero-order valence-electron chi connectivity index (χ0n) is 15.5. The molecule has 0 radical (unpaired) electrons. The number of fused-ring (bicyclic) bond motifs is 2. The SMILES string of the molecule is NCCCCN(Cc1nc2cc(F)ccc2[nH]1)C1CCCc2cccnc21. The van der Waals surface area contributed by atoms with Gasteiger partial charge in [0.1, 0.15) is 11.6 Å². The van der Waals surface area contributed by atoms with Crippen LogP contribution in [0.4, 0.5) is 4.39 Å². The van der Waals surface area contributed by atoms with Gasteiger partial charge in [0.2, 0.25) is 0 Å². The molecule has 0 bridgehead atoms. The van der Waals surface area contributed by atoms with E-state index in [0.717, 1.165) is 43.6 Å². The van der Waals surface area contributed by atoms with Crippen LogP contribution >= 0.6 is 0 Å². The van der Waals surface area contributed by atoms with Crippen molar-refractivity contribution in [1.29, 1.82) is 0 Å². The number of nitrogens with one attached hydrogen (secondary N) is 1. The molecule has 0 amide bonds. The van der Waals surface area contributed by atoms with Crippen LogP contribution in [0, 0.1) is 5.82 Å². The molecule has 5 nitrogen and oxygen atoms in total. The second-order valence-electron chi connectivity index (χ2n) is 7.27. The van der Waals surface area contributed by atoms with Crippen LogP contribution in [0.15, 0.2) is 36.5 Å². The van der Waals surface area contributed by atoms with E-state index in [1.165, 1.54) is 29.8 Å². The number of pyridine rings is 1. The third-order valence-corrected chi connectivity index (χ3v) is 5.35. The largest absolute Gasteiger partial charge is 0.341 e. The molecule has 1 aromatic carbocycles. The molecule has 1 aliphatic carbocycles. The molecule has 1 atom stereocenters. The molecule has 0 spiro atoms. The lowest BCUT2D eigenvalue weighted by Crippen LogP contribution is -2.33. The number of aromatic amines is 1. The number of nitrogens with zero attached hydrogens (tertiary/aromatic N) is 3. The van der Waals surface area contributed by atoms with E-state index in [-0.39, 0.29) is 11.9 Å². The predicted octanol–water partition coefficient (Wildman–Crippen LogP) is 3.72. The molecule has 3 aromatic rings. The van der Waals surface area contributed by atoms with Crippen molar-refractivity contribution in [3.63, 3.8) is 0 Å². The maximum absolute atomic E-state index is 13.5. The number of aryl methyl sites for hydroxylation is 1. The van der Waals surface area contributed by atoms with Crippen LogP contribution in [0.2, 0.25) is 0 Å². The second-order valence-corrected chi connectivity index (χ2v) is 7.27. The molecule has 1 aliphatic rings. The van der Waals surface area contributed by atoms with Crippen LogP contribution in [0.25, 0.3) is 11.0 Å². The van der Waals surface area contributed by atoms with E-state index in [9.17, 15) is 4.39 Å². The standard InChI is InChI=1S/C21H26FN5/c22-16-8-9-17-18(13-16)26-20(25-17)14-27(12-2-1-10-23)19-7-3-5-15-6-4-11-24-21(15)19/h4,6,8-9,11,13,19H,1-3,5,7,10,12,14,23H2,(H,25,26). The molecule has 6 heteroatoms. The first-order valence-corrected chi connectivity index (χ1v) is 9.76. The fraction of sp³-hybridized carbons (Fsp3) is 0.429. The molecule has 2 heterocycles. The third kappa shape index (κ3) is 4.01. The number of hydrogen-bond donors (Lipinski definition) is 2. The lowest BCUT2D eigenvalue weighted by atomic mass is 9.90. The van der Waals surface area contributed by atoms with Crippen LogP contribution < -0.4 is 5.73 Å². The zero-order valence-corrected chi connectivity index (χ0v) is 15.5. The van der Waals surface area contributed by atoms with E-state index in [1.807, 2.05) is 12.3 Å². The fourth-order valence-electron chi connectivity index (χ4n) is 4.04. The Morgan fingerprint density at radius 1 is 1.26 bits per heavy atom. The summed E-state index contributed by atoms with van der Waals surface area (Å²) in [6, 6.07) is 9.19. The van der Waals surface area contributed by atoms with Gasteiger partial charge in [-0.1, -0.05) is 6.07 Å². The van der Waals surface area contributed by atoms with Gasteiger partial charge < -0.3 is 10.7 Å². The van der Waals surface area contributed by atoms with Crippen molar-refractivity contribution >= 4 is 11.0 Å². The Labute approximate surface area is 158 Å². The molecule has 0 fully saturated rings. The van der Waals surface area contributed by atoms with Gasteiger partial charge in [-0.15, -0.1) is 0 Å². The van der Waals surface area contributed by atoms with Crippen LogP contribution in [0.1, 0.15) is 48.8 Å². The lowest BCUT2D eigenvalue weighted by molar-refractivity contribution is 0.159. The van der Waals surface area contributed by atoms with Gasteiger partial charge in [-0.25, -0.2) is 9.37 Å². The molecule has 0 saturated heterocycles. The number of halogens is 1. The van der Waals surface area contributed by atoms with Gasteiger partial charge in [0.25, 0.3) is 0 Å². The third-order valence-electron chi connectivity index (χ3n) is 5.35. The maximum Gasteiger partial charge on any atom is 0.125 e. The van der Waals surface area contributed by atoms with Crippen molar-refractivity contribution in [3.05, 3.63) is 59.4 Å². The summed E-state index contributed by atoms with van der Waals surface area (Å²) in [6.45, 7) is 2.35. The average Bonchev–Trinajstić information content (AvgIpc) is 3.08. The highest BCUT2D eigenvalue weighted by atomic mass is 19.1. The Kier molecular flexibility index (Phi) is 5.45. The first-order valence-electron chi connectivity index (χ1n) is 9.76. The van der Waals surface area contributed by atoms with Crippen molar-refractivity contribution in [2.24, 2.45) is 5.73 Å². The number of unbranched alkanes of at least 4 members (excludes halogenated alkanes) is 1. The Morgan fingerprint density at radius 2 is 2.19 bits per heavy atom. The fourth-order valence-corrected chi connectivity index (χ4v) is 4.04. The topological polar surface area (TPSA) is 70.8 Å². The number of imidazole rings is 1. The molecular formula is C21H26FN5. The van der Waals surface area contributed by atoms with E-state index < -0.39 is 0 Å². The zero-order chi connectivity index (χ0) is 18.6. The minimum Gasteiger partial charge on any atom is -0.341 e. The monoisotopic (exact) mass is 367 g/mol. The van der Waals surface area contributed by atoms with Crippen LogP contribution in [0.3, 0.4) is 0 Å². The number of aromatic nitrogens is 3. The Bertz CT molecular complexity index is 906. The van der Waals surface area contributed by atoms with Gasteiger partial charge in [-0.3, -0.25) is 9.88 Å². The number of hydrogen-bond acceptors (Lipinski definition) is 4. The molecule has 0 saturated carbocycles. The molecule has 142 valence electrons. The van der Waals surface area contributed by atoms with Gasteiger partial charge in [0.05, 0.1) is 29.3 Å². The number of rotatable bonds is 7. The Morgan fingerprint density at radius 3 is 3.07 bits per heavy atom. The van der Waals surface area contributed by atoms with Crippen molar-refractivity contribution in [2.45, 2.75) is 44.7 Å². The maximum atomic E-state index is 13.5. The van der Waals surface area contributed by atoms with Gasteiger partial charge in [-0.05, 0) is 69.0 Å². The molecule has 27 heavy (non-hydrogen) atoms. The normalized spacial score (nSPS) is 16.8. The Balaban J connectivity index is 1.60. The minimum atomic E-state index is -0.259. The quantitative estimate of drug-likeness (QED) is 0.625. The summed E-state index contributed by atoms with van der Waals surface area (Å²) in [5.74, 6) is 0.608. The van der Waals surface area contributed by atoms with Crippen molar-refractivity contribution < 1.29 is 4.39 Å². The summed E-state index contributed by atoms with van der Waals surface area (Å²) in [5, 5.41) is 0. The van der Waals surface area contributed by atoms with E-state index in [1.54, 1.807) is 6.07 Å². The average molecular weight is 367 g/mol. The van der Waals surface area contributed by atoms with Gasteiger partial charge in [0.15, 0.2) is 0 Å². The molecule has 0 aliphatic heterocycles. The summed E-state index contributed by atoms with van der Waals surface area (Å²) >= 11 is 0. The van der Waals surface area contributed by atoms with Crippen molar-refractivity contribution in [2.75, 3.05) is 13.1 Å². The van der Waals surface area contributed by atoms with Gasteiger partial charge in [-0.2, -0.15) is 0 Å². The first-order chi connectivity index (χ1) is 13.2. The van der Waals surface area contributed by atoms with Crippen molar-refractivity contribution in [1.82, 2.24) is 19.9 Å². The summed E-state index contributed by atoms with van der Waals surface area (Å²) in [6.07, 6.45) is 7.30. The number of benzene rings is 1. The highest BCUT2D eigenvalue weighted by molar-refractivity contribution is 5.74. The van der Waals surface area contributed by atoms with E-state index in [2.05, 4.69) is 20.9 Å². The van der Waals surface area contributed by atoms with Crippen LogP contribution in [-0.2, 0) is 13.0 Å². The van der Waals surface area contributed by atoms with Crippen LogP contribution in [-0.4, -0.2) is 32.9 Å². The van der Waals surface area contributed by atoms with E-state index >= 15 is 0 Å². The molecule has 4 rings (SSSR count). The minimum absolute atomic E-state index is 0.259. The van der Waals surface area contributed by atoms with Crippen LogP contribution in [0.5, 0.6) is 0 Å². The highest BCUT2D eigenvalue weighted by Crippen LogP contribution is 2.33. The first kappa shape index (κ1) is 18.1. The molecule has 3 N–H and O–H groups in total. The summed E-state index contributed by atoms with van der Waals surface area (Å²) in [4.78, 5) is 15.1. The second kappa shape index (κ2) is 8.15. The molecular weight excluding hydrogens is 341 g/mol. The Hall–Kier alpha value is -2.31. The highest BCUT2D eigenvalue weighted by Gasteiger charge is 2.27. The smallest absolute Gasteiger partial charge is 0.125 e. The van der Waals surface area contributed by atoms with Gasteiger partial charge >= 0.3 is 0 Å². The summed E-state index contributed by atoms with van der Waals surface area (Å²) in [7, 11) is 0. The van der Waals surface area contributed by atoms with E-state index in [4.69, 9.17) is 10.7 Å². The van der Waals surface area contributed by atoms with Crippen molar-refractivity contribution in [3.8, 4) is 0 Å². The lowest BCUT2D eigenvalue weighted by Gasteiger charge is -2.34. The predicted molar refractivity (Wildman–Crippen MR) is 105 cm³/mol. The number of nitrogens with two attached hydrogens (primary N) is 1. The van der Waals surface area contributed by atoms with Gasteiger partial charge in [0, 0.05) is 12.3 Å². The number of H-pyrrole nitrogens is 1.